The van der Waals surface area contributed by atoms with Crippen molar-refractivity contribution >= 4 is 11.8 Å². The molecule has 3 rings (SSSR count). The van der Waals surface area contributed by atoms with E-state index in [1.54, 1.807) is 12.1 Å². The number of carbonyl (C=O) groups is 2. The van der Waals surface area contributed by atoms with Gasteiger partial charge in [0, 0.05) is 18.5 Å². The van der Waals surface area contributed by atoms with E-state index in [1.807, 2.05) is 0 Å². The summed E-state index contributed by atoms with van der Waals surface area (Å²) in [6, 6.07) is 5.85. The summed E-state index contributed by atoms with van der Waals surface area (Å²) in [5, 5.41) is 6.58. The van der Waals surface area contributed by atoms with Gasteiger partial charge in [0.1, 0.15) is 11.6 Å². The van der Waals surface area contributed by atoms with Crippen molar-refractivity contribution in [2.75, 3.05) is 6.54 Å². The maximum atomic E-state index is 13.0. The predicted octanol–water partition coefficient (Wildman–Crippen LogP) is 1.77. The van der Waals surface area contributed by atoms with Crippen LogP contribution in [0.15, 0.2) is 28.8 Å². The fraction of sp³-hybridized carbons (Fsp3) is 0.389. The molecular formula is C18H20FN3O3. The van der Waals surface area contributed by atoms with E-state index in [2.05, 4.69) is 10.5 Å². The van der Waals surface area contributed by atoms with Gasteiger partial charge in [-0.05, 0) is 43.4 Å². The van der Waals surface area contributed by atoms with E-state index < -0.39 is 11.8 Å². The Morgan fingerprint density at radius 2 is 1.96 bits per heavy atom. The first-order valence-electron chi connectivity index (χ1n) is 8.34. The molecule has 25 heavy (non-hydrogen) atoms. The van der Waals surface area contributed by atoms with Crippen LogP contribution >= 0.6 is 0 Å². The van der Waals surface area contributed by atoms with Crippen LogP contribution in [-0.4, -0.2) is 23.5 Å². The molecule has 7 heteroatoms. The summed E-state index contributed by atoms with van der Waals surface area (Å²) in [5.74, 6) is -1.04. The average molecular weight is 345 g/mol. The number of nitrogens with zero attached hydrogens (tertiary/aromatic N) is 1. The van der Waals surface area contributed by atoms with E-state index in [4.69, 9.17) is 10.3 Å². The molecule has 0 bridgehead atoms. The van der Waals surface area contributed by atoms with Crippen LogP contribution < -0.4 is 11.1 Å². The van der Waals surface area contributed by atoms with Gasteiger partial charge >= 0.3 is 0 Å². The van der Waals surface area contributed by atoms with Crippen molar-refractivity contribution in [1.82, 2.24) is 10.5 Å². The number of nitrogens with two attached hydrogens (primary N) is 1. The lowest BCUT2D eigenvalue weighted by Crippen LogP contribution is -2.37. The molecule has 2 amide bonds. The van der Waals surface area contributed by atoms with Crippen LogP contribution in [0.3, 0.4) is 0 Å². The second kappa shape index (κ2) is 7.46. The standard InChI is InChI=1S/C18H20FN3O3/c19-13-7-5-11(6-8-13)9-12(17(20)23)10-21-18(24)16-14-3-1-2-4-15(14)25-22-16/h5-8,12H,1-4,9-10H2,(H2,20,23)(H,21,24)/t12-/m0/s1. The van der Waals surface area contributed by atoms with Gasteiger partial charge in [-0.15, -0.1) is 0 Å². The highest BCUT2D eigenvalue weighted by molar-refractivity contribution is 5.94. The van der Waals surface area contributed by atoms with E-state index in [-0.39, 0.29) is 18.3 Å². The fourth-order valence-electron chi connectivity index (χ4n) is 3.04. The van der Waals surface area contributed by atoms with E-state index >= 15 is 0 Å². The Morgan fingerprint density at radius 3 is 2.68 bits per heavy atom. The van der Waals surface area contributed by atoms with Crippen LogP contribution in [0.1, 0.15) is 40.2 Å². The lowest BCUT2D eigenvalue weighted by Gasteiger charge is -2.14. The largest absolute Gasteiger partial charge is 0.369 e. The Kier molecular flexibility index (Phi) is 5.11. The summed E-state index contributed by atoms with van der Waals surface area (Å²) in [6.45, 7) is 0.0905. The molecule has 1 aromatic heterocycles. The summed E-state index contributed by atoms with van der Waals surface area (Å²) in [6.07, 6.45) is 3.93. The van der Waals surface area contributed by atoms with Gasteiger partial charge in [0.05, 0.1) is 5.92 Å². The molecule has 0 saturated carbocycles. The van der Waals surface area contributed by atoms with Crippen molar-refractivity contribution in [2.24, 2.45) is 11.7 Å². The minimum atomic E-state index is -0.586. The third-order valence-corrected chi connectivity index (χ3v) is 4.47. The van der Waals surface area contributed by atoms with Crippen molar-refractivity contribution in [3.63, 3.8) is 0 Å². The van der Waals surface area contributed by atoms with Crippen molar-refractivity contribution in [3.8, 4) is 0 Å². The van der Waals surface area contributed by atoms with Crippen LogP contribution in [0.5, 0.6) is 0 Å². The molecule has 0 aliphatic heterocycles. The first-order chi connectivity index (χ1) is 12.0. The molecule has 0 radical (unpaired) electrons. The molecule has 1 aromatic carbocycles. The Hall–Kier alpha value is -2.70. The second-order valence-electron chi connectivity index (χ2n) is 6.28. The molecular weight excluding hydrogens is 325 g/mol. The van der Waals surface area contributed by atoms with Crippen molar-refractivity contribution in [1.29, 1.82) is 0 Å². The third-order valence-electron chi connectivity index (χ3n) is 4.47. The number of hydrogen-bond acceptors (Lipinski definition) is 4. The zero-order chi connectivity index (χ0) is 17.8. The molecule has 2 aromatic rings. The zero-order valence-corrected chi connectivity index (χ0v) is 13.8. The molecule has 0 spiro atoms. The van der Waals surface area contributed by atoms with Crippen LogP contribution in [0.2, 0.25) is 0 Å². The van der Waals surface area contributed by atoms with Crippen LogP contribution in [0, 0.1) is 11.7 Å². The molecule has 0 saturated heterocycles. The van der Waals surface area contributed by atoms with Gasteiger partial charge in [-0.25, -0.2) is 4.39 Å². The number of aryl methyl sites for hydroxylation is 1. The van der Waals surface area contributed by atoms with E-state index in [0.717, 1.165) is 42.6 Å². The quantitative estimate of drug-likeness (QED) is 0.833. The highest BCUT2D eigenvalue weighted by Gasteiger charge is 2.25. The van der Waals surface area contributed by atoms with Crippen LogP contribution in [-0.2, 0) is 24.1 Å². The van der Waals surface area contributed by atoms with Crippen molar-refractivity contribution in [2.45, 2.75) is 32.1 Å². The smallest absolute Gasteiger partial charge is 0.273 e. The molecule has 0 unspecified atom stereocenters. The molecule has 6 nitrogen and oxygen atoms in total. The summed E-state index contributed by atoms with van der Waals surface area (Å²) in [4.78, 5) is 24.0. The van der Waals surface area contributed by atoms with Gasteiger partial charge in [-0.2, -0.15) is 0 Å². The number of aromatic nitrogens is 1. The Morgan fingerprint density at radius 1 is 1.24 bits per heavy atom. The van der Waals surface area contributed by atoms with E-state index in [1.165, 1.54) is 12.1 Å². The highest BCUT2D eigenvalue weighted by atomic mass is 19.1. The lowest BCUT2D eigenvalue weighted by molar-refractivity contribution is -0.121. The van der Waals surface area contributed by atoms with E-state index in [0.29, 0.717) is 12.1 Å². The summed E-state index contributed by atoms with van der Waals surface area (Å²) >= 11 is 0. The summed E-state index contributed by atoms with van der Waals surface area (Å²) in [5.41, 5.74) is 7.36. The Labute approximate surface area is 144 Å². The fourth-order valence-corrected chi connectivity index (χ4v) is 3.04. The number of amides is 2. The van der Waals surface area contributed by atoms with Gasteiger partial charge in [0.25, 0.3) is 5.91 Å². The molecule has 3 N–H and O–H groups in total. The molecule has 0 fully saturated rings. The molecule has 1 atom stereocenters. The first kappa shape index (κ1) is 17.1. The van der Waals surface area contributed by atoms with Gasteiger partial charge in [0.15, 0.2) is 5.69 Å². The number of primary amides is 1. The molecule has 1 heterocycles. The number of nitrogens with one attached hydrogen (secondary N) is 1. The van der Waals surface area contributed by atoms with Gasteiger partial charge < -0.3 is 15.6 Å². The SMILES string of the molecule is NC(=O)[C@H](CNC(=O)c1noc2c1CCCC2)Cc1ccc(F)cc1. The monoisotopic (exact) mass is 345 g/mol. The number of rotatable bonds is 6. The normalized spacial score (nSPS) is 14.6. The number of carbonyl (C=O) groups excluding carboxylic acids is 2. The minimum Gasteiger partial charge on any atom is -0.369 e. The molecule has 1 aliphatic rings. The highest BCUT2D eigenvalue weighted by Crippen LogP contribution is 2.24. The summed E-state index contributed by atoms with van der Waals surface area (Å²) < 4.78 is 18.2. The molecule has 1 aliphatic carbocycles. The number of halogens is 1. The Bertz CT molecular complexity index is 770. The van der Waals surface area contributed by atoms with Crippen molar-refractivity contribution < 1.29 is 18.5 Å². The lowest BCUT2D eigenvalue weighted by atomic mass is 9.96. The van der Waals surface area contributed by atoms with Crippen molar-refractivity contribution in [3.05, 3.63) is 52.7 Å². The van der Waals surface area contributed by atoms with Gasteiger partial charge in [-0.3, -0.25) is 9.59 Å². The number of hydrogen-bond donors (Lipinski definition) is 2. The second-order valence-corrected chi connectivity index (χ2v) is 6.28. The minimum absolute atomic E-state index is 0.0905. The predicted molar refractivity (Wildman–Crippen MR) is 88.3 cm³/mol. The van der Waals surface area contributed by atoms with Gasteiger partial charge in [0.2, 0.25) is 5.91 Å². The maximum absolute atomic E-state index is 13.0. The van der Waals surface area contributed by atoms with Crippen LogP contribution in [0.25, 0.3) is 0 Å². The van der Waals surface area contributed by atoms with Crippen LogP contribution in [0.4, 0.5) is 4.39 Å². The topological polar surface area (TPSA) is 98.2 Å². The first-order valence-corrected chi connectivity index (χ1v) is 8.34. The molecule has 132 valence electrons. The van der Waals surface area contributed by atoms with E-state index in [9.17, 15) is 14.0 Å². The average Bonchev–Trinajstić information content (AvgIpc) is 3.04. The Balaban J connectivity index is 1.63. The third kappa shape index (κ3) is 4.04. The van der Waals surface area contributed by atoms with Gasteiger partial charge in [-0.1, -0.05) is 17.3 Å². The maximum Gasteiger partial charge on any atom is 0.273 e. The zero-order valence-electron chi connectivity index (χ0n) is 13.8. The summed E-state index contributed by atoms with van der Waals surface area (Å²) in [7, 11) is 0. The number of fused-ring (bicyclic) bond motifs is 1. The number of benzene rings is 1.